The molecular weight excluding hydrogens is 640 g/mol. The summed E-state index contributed by atoms with van der Waals surface area (Å²) in [4.78, 5) is 44.5. The summed E-state index contributed by atoms with van der Waals surface area (Å²) in [5, 5.41) is 10.4. The Labute approximate surface area is 280 Å². The topological polar surface area (TPSA) is 99.6 Å². The molecule has 1 aromatic heterocycles. The summed E-state index contributed by atoms with van der Waals surface area (Å²) in [5.41, 5.74) is 0.672. The lowest BCUT2D eigenvalue weighted by Crippen LogP contribution is -2.55. The standard InChI is InChI=1S/C36H34F4N6O3/c1-2-45-34-31(28(43-46(34)27-11-4-3-5-12-27)22-41-29(47)13-7-18-44-19-8-20-44)30(23-14-16-26(37)17-15-23)32(35(45)49)42-33(48)24-9-6-10-25(21-24)36(38,39)40/h3-7,9-17,21,30,32H,2,8,18-20,22H2,1H3,(H,41,47)(H,42,48)/b13-7+/t30-,32-/m0/s1. The van der Waals surface area contributed by atoms with Gasteiger partial charge in [-0.05, 0) is 74.5 Å². The number of halogens is 4. The van der Waals surface area contributed by atoms with Gasteiger partial charge in [-0.15, -0.1) is 0 Å². The Hall–Kier alpha value is -5.30. The highest BCUT2D eigenvalue weighted by Gasteiger charge is 2.46. The van der Waals surface area contributed by atoms with Crippen molar-refractivity contribution < 1.29 is 31.9 Å². The fourth-order valence-electron chi connectivity index (χ4n) is 6.15. The number of anilines is 1. The monoisotopic (exact) mass is 674 g/mol. The maximum Gasteiger partial charge on any atom is 0.416 e. The van der Waals surface area contributed by atoms with E-state index in [9.17, 15) is 31.9 Å². The van der Waals surface area contributed by atoms with E-state index < -0.39 is 41.3 Å². The molecule has 3 aromatic carbocycles. The minimum atomic E-state index is -4.68. The second-order valence-corrected chi connectivity index (χ2v) is 11.8. The van der Waals surface area contributed by atoms with E-state index in [1.807, 2.05) is 18.2 Å². The molecule has 0 unspecified atom stereocenters. The van der Waals surface area contributed by atoms with Gasteiger partial charge in [0.2, 0.25) is 5.91 Å². The number of carbonyl (C=O) groups excluding carboxylic acids is 3. The van der Waals surface area contributed by atoms with Crippen LogP contribution in [0.5, 0.6) is 0 Å². The Morgan fingerprint density at radius 3 is 2.39 bits per heavy atom. The molecule has 6 rings (SSSR count). The van der Waals surface area contributed by atoms with Gasteiger partial charge in [0.15, 0.2) is 0 Å². The lowest BCUT2D eigenvalue weighted by molar-refractivity contribution is -0.137. The maximum absolute atomic E-state index is 14.4. The zero-order valence-corrected chi connectivity index (χ0v) is 26.6. The van der Waals surface area contributed by atoms with Crippen LogP contribution >= 0.6 is 0 Å². The number of alkyl halides is 3. The average molecular weight is 675 g/mol. The van der Waals surface area contributed by atoms with Gasteiger partial charge in [-0.25, -0.2) is 9.07 Å². The molecule has 2 aliphatic rings. The fourth-order valence-corrected chi connectivity index (χ4v) is 6.15. The summed E-state index contributed by atoms with van der Waals surface area (Å²) in [7, 11) is 0. The second kappa shape index (κ2) is 14.0. The molecular formula is C36H34F4N6O3. The van der Waals surface area contributed by atoms with Crippen molar-refractivity contribution in [1.82, 2.24) is 25.3 Å². The number of para-hydroxylation sites is 1. The van der Waals surface area contributed by atoms with Crippen LogP contribution in [0.3, 0.4) is 0 Å². The quantitative estimate of drug-likeness (QED) is 0.178. The van der Waals surface area contributed by atoms with Gasteiger partial charge < -0.3 is 10.6 Å². The number of likely N-dealkylation sites (N-methyl/N-ethyl adjacent to an activating group) is 1. The van der Waals surface area contributed by atoms with Gasteiger partial charge in [-0.2, -0.15) is 18.3 Å². The van der Waals surface area contributed by atoms with Crippen LogP contribution in [0.1, 0.15) is 52.0 Å². The molecule has 1 fully saturated rings. The van der Waals surface area contributed by atoms with Crippen molar-refractivity contribution in [2.45, 2.75) is 38.0 Å². The van der Waals surface area contributed by atoms with Gasteiger partial charge in [0.25, 0.3) is 11.8 Å². The Bertz CT molecular complexity index is 1870. The number of nitrogens with zero attached hydrogens (tertiary/aromatic N) is 4. The largest absolute Gasteiger partial charge is 0.416 e. The number of rotatable bonds is 10. The number of carbonyl (C=O) groups is 3. The number of nitrogens with one attached hydrogen (secondary N) is 2. The number of benzene rings is 3. The fraction of sp³-hybridized carbons (Fsp3) is 0.278. The Morgan fingerprint density at radius 2 is 1.73 bits per heavy atom. The van der Waals surface area contributed by atoms with Gasteiger partial charge in [0, 0.05) is 36.2 Å². The molecule has 0 bridgehead atoms. The van der Waals surface area contributed by atoms with Crippen LogP contribution in [0.15, 0.2) is 91.0 Å². The molecule has 3 heterocycles. The summed E-state index contributed by atoms with van der Waals surface area (Å²) >= 11 is 0. The maximum atomic E-state index is 14.4. The van der Waals surface area contributed by atoms with E-state index >= 15 is 0 Å². The van der Waals surface area contributed by atoms with E-state index in [2.05, 4.69) is 15.5 Å². The van der Waals surface area contributed by atoms with Crippen LogP contribution in [0.25, 0.3) is 5.69 Å². The van der Waals surface area contributed by atoms with Crippen LogP contribution in [-0.2, 0) is 22.3 Å². The highest BCUT2D eigenvalue weighted by atomic mass is 19.4. The molecule has 254 valence electrons. The molecule has 2 N–H and O–H groups in total. The molecule has 2 atom stereocenters. The van der Waals surface area contributed by atoms with E-state index in [1.165, 1.54) is 41.3 Å². The molecule has 1 saturated heterocycles. The first-order valence-corrected chi connectivity index (χ1v) is 15.9. The number of likely N-dealkylation sites (tertiary alicyclic amines) is 1. The number of hydrogen-bond donors (Lipinski definition) is 2. The van der Waals surface area contributed by atoms with Crippen LogP contribution < -0.4 is 15.5 Å². The minimum Gasteiger partial charge on any atom is -0.347 e. The normalized spacial score (nSPS) is 17.9. The SMILES string of the molecule is CCN1C(=O)[C@@H](NC(=O)c2cccc(C(F)(F)F)c2)[C@@H](c2ccc(F)cc2)c2c(CNC(=O)/C=C/CN3CCC3)nn(-c3ccccc3)c21. The van der Waals surface area contributed by atoms with Crippen molar-refractivity contribution >= 4 is 23.5 Å². The molecule has 0 spiro atoms. The summed E-state index contributed by atoms with van der Waals surface area (Å²) < 4.78 is 56.3. The number of amides is 3. The predicted molar refractivity (Wildman–Crippen MR) is 175 cm³/mol. The second-order valence-electron chi connectivity index (χ2n) is 11.8. The molecule has 4 aromatic rings. The summed E-state index contributed by atoms with van der Waals surface area (Å²) in [6.45, 7) is 4.47. The van der Waals surface area contributed by atoms with Gasteiger partial charge >= 0.3 is 6.18 Å². The Balaban J connectivity index is 1.44. The van der Waals surface area contributed by atoms with Crippen LogP contribution in [0.4, 0.5) is 23.4 Å². The third kappa shape index (κ3) is 7.12. The minimum absolute atomic E-state index is 0.0488. The van der Waals surface area contributed by atoms with Crippen LogP contribution in [0, 0.1) is 5.82 Å². The lowest BCUT2D eigenvalue weighted by atomic mass is 9.80. The molecule has 0 aliphatic carbocycles. The number of fused-ring (bicyclic) bond motifs is 1. The Kier molecular flexibility index (Phi) is 9.63. The summed E-state index contributed by atoms with van der Waals surface area (Å²) in [6.07, 6.45) is -0.318. The molecule has 0 saturated carbocycles. The van der Waals surface area contributed by atoms with E-state index in [-0.39, 0.29) is 24.6 Å². The predicted octanol–water partition coefficient (Wildman–Crippen LogP) is 5.21. The first-order valence-electron chi connectivity index (χ1n) is 15.9. The zero-order chi connectivity index (χ0) is 34.7. The third-order valence-corrected chi connectivity index (χ3v) is 8.70. The first kappa shape index (κ1) is 33.6. The molecule has 13 heteroatoms. The van der Waals surface area contributed by atoms with Crippen molar-refractivity contribution in [3.63, 3.8) is 0 Å². The lowest BCUT2D eigenvalue weighted by Gasteiger charge is -2.38. The van der Waals surface area contributed by atoms with E-state index in [1.54, 1.807) is 29.8 Å². The Morgan fingerprint density at radius 1 is 1.00 bits per heavy atom. The van der Waals surface area contributed by atoms with Crippen molar-refractivity contribution in [3.8, 4) is 5.69 Å². The van der Waals surface area contributed by atoms with Gasteiger partial charge in [-0.1, -0.05) is 42.5 Å². The first-order chi connectivity index (χ1) is 23.5. The van der Waals surface area contributed by atoms with Crippen LogP contribution in [-0.4, -0.2) is 64.6 Å². The summed E-state index contributed by atoms with van der Waals surface area (Å²) in [5.74, 6) is -2.86. The zero-order valence-electron chi connectivity index (χ0n) is 26.6. The van der Waals surface area contributed by atoms with Crippen molar-refractivity contribution in [1.29, 1.82) is 0 Å². The number of hydrogen-bond acceptors (Lipinski definition) is 5. The molecule has 9 nitrogen and oxygen atoms in total. The van der Waals surface area contributed by atoms with Gasteiger partial charge in [0.05, 0.1) is 23.5 Å². The van der Waals surface area contributed by atoms with Gasteiger partial charge in [0.1, 0.15) is 17.7 Å². The average Bonchev–Trinajstić information content (AvgIpc) is 3.44. The highest BCUT2D eigenvalue weighted by Crippen LogP contribution is 2.44. The molecule has 0 radical (unpaired) electrons. The van der Waals surface area contributed by atoms with Crippen molar-refractivity contribution in [3.05, 3.63) is 125 Å². The highest BCUT2D eigenvalue weighted by molar-refractivity contribution is 6.05. The van der Waals surface area contributed by atoms with Crippen molar-refractivity contribution in [2.75, 3.05) is 31.1 Å². The molecule has 3 amide bonds. The molecule has 2 aliphatic heterocycles. The smallest absolute Gasteiger partial charge is 0.347 e. The van der Waals surface area contributed by atoms with Gasteiger partial charge in [-0.3, -0.25) is 24.2 Å². The van der Waals surface area contributed by atoms with Crippen molar-refractivity contribution in [2.24, 2.45) is 0 Å². The van der Waals surface area contributed by atoms with E-state index in [4.69, 9.17) is 5.10 Å². The third-order valence-electron chi connectivity index (χ3n) is 8.70. The van der Waals surface area contributed by atoms with E-state index in [0.29, 0.717) is 34.9 Å². The van der Waals surface area contributed by atoms with Crippen LogP contribution in [0.2, 0.25) is 0 Å². The number of aromatic nitrogens is 2. The van der Waals surface area contributed by atoms with E-state index in [0.717, 1.165) is 37.7 Å². The summed E-state index contributed by atoms with van der Waals surface area (Å²) in [6, 6.07) is 17.1. The molecule has 49 heavy (non-hydrogen) atoms.